The lowest BCUT2D eigenvalue weighted by atomic mass is 10.1. The van der Waals surface area contributed by atoms with Crippen molar-refractivity contribution in [3.63, 3.8) is 0 Å². The summed E-state index contributed by atoms with van der Waals surface area (Å²) in [6, 6.07) is 12.4. The van der Waals surface area contributed by atoms with E-state index in [0.717, 1.165) is 16.8 Å². The molecule has 1 amide bonds. The van der Waals surface area contributed by atoms with Crippen molar-refractivity contribution in [3.05, 3.63) is 69.3 Å². The van der Waals surface area contributed by atoms with Gasteiger partial charge in [-0.3, -0.25) is 4.79 Å². The van der Waals surface area contributed by atoms with Gasteiger partial charge in [-0.25, -0.2) is 0 Å². The molecule has 0 spiro atoms. The number of carbonyl (C=O) groups excluding carboxylic acids is 1. The van der Waals surface area contributed by atoms with Crippen LogP contribution in [0.2, 0.25) is 10.0 Å². The van der Waals surface area contributed by atoms with Gasteiger partial charge in [0.25, 0.3) is 5.91 Å². The van der Waals surface area contributed by atoms with E-state index in [1.165, 1.54) is 12.3 Å². The molecular formula is C18H15Cl2N3O. The quantitative estimate of drug-likeness (QED) is 0.591. The number of hydrogen-bond acceptors (Lipinski definition) is 3. The van der Waals surface area contributed by atoms with Crippen LogP contribution in [0.3, 0.4) is 0 Å². The van der Waals surface area contributed by atoms with Crippen LogP contribution in [0.4, 0.5) is 11.4 Å². The van der Waals surface area contributed by atoms with E-state index in [1.54, 1.807) is 12.1 Å². The molecule has 4 nitrogen and oxygen atoms in total. The van der Waals surface area contributed by atoms with Gasteiger partial charge in [0.2, 0.25) is 0 Å². The van der Waals surface area contributed by atoms with Gasteiger partial charge in [-0.2, -0.15) is 5.26 Å². The number of halogens is 2. The van der Waals surface area contributed by atoms with Gasteiger partial charge in [-0.05, 0) is 43.7 Å². The maximum atomic E-state index is 12.2. The second kappa shape index (κ2) is 7.87. The smallest absolute Gasteiger partial charge is 0.267 e. The van der Waals surface area contributed by atoms with Crippen LogP contribution in [-0.2, 0) is 4.79 Å². The summed E-state index contributed by atoms with van der Waals surface area (Å²) in [6.07, 6.45) is 1.37. The van der Waals surface area contributed by atoms with Crippen molar-refractivity contribution in [3.8, 4) is 6.07 Å². The number of anilines is 2. The van der Waals surface area contributed by atoms with Crippen molar-refractivity contribution in [1.29, 1.82) is 5.26 Å². The zero-order chi connectivity index (χ0) is 17.7. The van der Waals surface area contributed by atoms with E-state index >= 15 is 0 Å². The summed E-state index contributed by atoms with van der Waals surface area (Å²) in [7, 11) is 0. The highest BCUT2D eigenvalue weighted by Gasteiger charge is 2.11. The Morgan fingerprint density at radius 3 is 2.46 bits per heavy atom. The number of nitrogens with zero attached hydrogens (tertiary/aromatic N) is 1. The third-order valence-electron chi connectivity index (χ3n) is 3.30. The standard InChI is InChI=1S/C18H15Cl2N3O/c1-11-3-5-16(12(2)7-11)22-10-13(9-21)18(24)23-17-6-4-14(19)8-15(17)20/h3-8,10,22H,1-2H3,(H,23,24)/b13-10-. The molecule has 0 saturated carbocycles. The predicted molar refractivity (Wildman–Crippen MR) is 98.3 cm³/mol. The molecular weight excluding hydrogens is 345 g/mol. The fourth-order valence-corrected chi connectivity index (χ4v) is 2.51. The lowest BCUT2D eigenvalue weighted by Crippen LogP contribution is -2.15. The number of aryl methyl sites for hydroxylation is 2. The summed E-state index contributed by atoms with van der Waals surface area (Å²) in [5.41, 5.74) is 3.30. The lowest BCUT2D eigenvalue weighted by Gasteiger charge is -2.09. The van der Waals surface area contributed by atoms with Gasteiger partial charge < -0.3 is 10.6 Å². The van der Waals surface area contributed by atoms with Crippen LogP contribution < -0.4 is 10.6 Å². The highest BCUT2D eigenvalue weighted by molar-refractivity contribution is 6.36. The van der Waals surface area contributed by atoms with E-state index in [1.807, 2.05) is 38.1 Å². The average molecular weight is 360 g/mol. The first kappa shape index (κ1) is 17.9. The van der Waals surface area contributed by atoms with Crippen LogP contribution in [0.25, 0.3) is 0 Å². The van der Waals surface area contributed by atoms with Gasteiger partial charge in [0.05, 0.1) is 10.7 Å². The van der Waals surface area contributed by atoms with Crippen molar-refractivity contribution < 1.29 is 4.79 Å². The molecule has 0 atom stereocenters. The van der Waals surface area contributed by atoms with Crippen LogP contribution in [-0.4, -0.2) is 5.91 Å². The van der Waals surface area contributed by atoms with E-state index in [0.29, 0.717) is 15.7 Å². The Bertz CT molecular complexity index is 854. The molecule has 2 rings (SSSR count). The Hall–Kier alpha value is -2.48. The Balaban J connectivity index is 2.15. The van der Waals surface area contributed by atoms with E-state index in [9.17, 15) is 10.1 Å². The van der Waals surface area contributed by atoms with Gasteiger partial charge in [-0.15, -0.1) is 0 Å². The van der Waals surface area contributed by atoms with Crippen molar-refractivity contribution in [2.24, 2.45) is 0 Å². The summed E-state index contributed by atoms with van der Waals surface area (Å²) in [4.78, 5) is 12.2. The largest absolute Gasteiger partial charge is 0.360 e. The van der Waals surface area contributed by atoms with E-state index in [2.05, 4.69) is 10.6 Å². The van der Waals surface area contributed by atoms with Crippen molar-refractivity contribution in [2.75, 3.05) is 10.6 Å². The minimum Gasteiger partial charge on any atom is -0.360 e. The normalized spacial score (nSPS) is 10.9. The molecule has 0 heterocycles. The van der Waals surface area contributed by atoms with Gasteiger partial charge in [0, 0.05) is 16.9 Å². The number of benzene rings is 2. The maximum absolute atomic E-state index is 12.2. The number of hydrogen-bond donors (Lipinski definition) is 2. The Morgan fingerprint density at radius 1 is 1.12 bits per heavy atom. The number of carbonyl (C=O) groups is 1. The van der Waals surface area contributed by atoms with Crippen LogP contribution >= 0.6 is 23.2 Å². The summed E-state index contributed by atoms with van der Waals surface area (Å²) in [5, 5.41) is 15.5. The molecule has 0 bridgehead atoms. The van der Waals surface area contributed by atoms with E-state index < -0.39 is 5.91 Å². The van der Waals surface area contributed by atoms with Gasteiger partial charge in [0.15, 0.2) is 0 Å². The Morgan fingerprint density at radius 2 is 1.83 bits per heavy atom. The fourth-order valence-electron chi connectivity index (χ4n) is 2.05. The van der Waals surface area contributed by atoms with Crippen LogP contribution in [0.1, 0.15) is 11.1 Å². The topological polar surface area (TPSA) is 64.9 Å². The van der Waals surface area contributed by atoms with Crippen molar-refractivity contribution >= 4 is 40.5 Å². The number of amides is 1. The minimum atomic E-state index is -0.556. The zero-order valence-electron chi connectivity index (χ0n) is 13.2. The molecule has 122 valence electrons. The summed E-state index contributed by atoms with van der Waals surface area (Å²) < 4.78 is 0. The molecule has 0 aliphatic rings. The molecule has 0 radical (unpaired) electrons. The molecule has 2 N–H and O–H groups in total. The molecule has 0 unspecified atom stereocenters. The van der Waals surface area contributed by atoms with E-state index in [4.69, 9.17) is 23.2 Å². The molecule has 0 saturated heterocycles. The lowest BCUT2D eigenvalue weighted by molar-refractivity contribution is -0.112. The molecule has 0 aliphatic carbocycles. The molecule has 24 heavy (non-hydrogen) atoms. The van der Waals surface area contributed by atoms with Crippen LogP contribution in [0.5, 0.6) is 0 Å². The number of nitrogens with one attached hydrogen (secondary N) is 2. The predicted octanol–water partition coefficient (Wildman–Crippen LogP) is 5.07. The molecule has 2 aromatic rings. The van der Waals surface area contributed by atoms with Gasteiger partial charge in [0.1, 0.15) is 11.6 Å². The third-order valence-corrected chi connectivity index (χ3v) is 3.85. The average Bonchev–Trinajstić information content (AvgIpc) is 2.52. The van der Waals surface area contributed by atoms with Gasteiger partial charge >= 0.3 is 0 Å². The maximum Gasteiger partial charge on any atom is 0.267 e. The molecule has 0 fully saturated rings. The number of nitriles is 1. The minimum absolute atomic E-state index is 0.0685. The second-order valence-electron chi connectivity index (χ2n) is 5.21. The van der Waals surface area contributed by atoms with Gasteiger partial charge in [-0.1, -0.05) is 40.9 Å². The second-order valence-corrected chi connectivity index (χ2v) is 6.05. The zero-order valence-corrected chi connectivity index (χ0v) is 14.7. The summed E-state index contributed by atoms with van der Waals surface area (Å²) >= 11 is 11.8. The van der Waals surface area contributed by atoms with Crippen LogP contribution in [0, 0.1) is 25.2 Å². The molecule has 2 aromatic carbocycles. The fraction of sp³-hybridized carbons (Fsp3) is 0.111. The highest BCUT2D eigenvalue weighted by atomic mass is 35.5. The first-order valence-electron chi connectivity index (χ1n) is 7.11. The third kappa shape index (κ3) is 4.51. The molecule has 0 aliphatic heterocycles. The molecule has 0 aromatic heterocycles. The first-order chi connectivity index (χ1) is 11.4. The molecule has 6 heteroatoms. The van der Waals surface area contributed by atoms with Crippen LogP contribution in [0.15, 0.2) is 48.2 Å². The Labute approximate surface area is 150 Å². The van der Waals surface area contributed by atoms with Crippen molar-refractivity contribution in [1.82, 2.24) is 0 Å². The van der Waals surface area contributed by atoms with E-state index in [-0.39, 0.29) is 5.57 Å². The first-order valence-corrected chi connectivity index (χ1v) is 7.87. The van der Waals surface area contributed by atoms with Crippen molar-refractivity contribution in [2.45, 2.75) is 13.8 Å². The summed E-state index contributed by atoms with van der Waals surface area (Å²) in [6.45, 7) is 3.94. The Kier molecular flexibility index (Phi) is 5.86. The summed E-state index contributed by atoms with van der Waals surface area (Å²) in [5.74, 6) is -0.556. The SMILES string of the molecule is Cc1ccc(N/C=C(/C#N)C(=O)Nc2ccc(Cl)cc2Cl)c(C)c1. The monoisotopic (exact) mass is 359 g/mol. The number of rotatable bonds is 4. The highest BCUT2D eigenvalue weighted by Crippen LogP contribution is 2.25.